The molecule has 116 valence electrons. The van der Waals surface area contributed by atoms with Gasteiger partial charge < -0.3 is 5.32 Å². The minimum Gasteiger partial charge on any atom is -0.348 e. The lowest BCUT2D eigenvalue weighted by molar-refractivity contribution is 0.0950. The fourth-order valence-electron chi connectivity index (χ4n) is 2.36. The number of halogens is 1. The van der Waals surface area contributed by atoms with Gasteiger partial charge in [0.15, 0.2) is 0 Å². The monoisotopic (exact) mass is 325 g/mol. The van der Waals surface area contributed by atoms with Crippen molar-refractivity contribution in [2.45, 2.75) is 13.5 Å². The van der Waals surface area contributed by atoms with Gasteiger partial charge in [-0.2, -0.15) is 5.10 Å². The highest BCUT2D eigenvalue weighted by Gasteiger charge is 2.20. The minimum absolute atomic E-state index is 0.224. The third kappa shape index (κ3) is 3.27. The van der Waals surface area contributed by atoms with Crippen LogP contribution in [0.3, 0.4) is 0 Å². The van der Waals surface area contributed by atoms with Crippen molar-refractivity contribution >= 4 is 17.5 Å². The zero-order valence-electron chi connectivity index (χ0n) is 12.7. The van der Waals surface area contributed by atoms with Crippen molar-refractivity contribution in [1.29, 1.82) is 0 Å². The van der Waals surface area contributed by atoms with E-state index in [1.807, 2.05) is 60.7 Å². The molecular formula is C18H16ClN3O. The average molecular weight is 326 g/mol. The molecule has 1 heterocycles. The van der Waals surface area contributed by atoms with Crippen molar-refractivity contribution in [2.75, 3.05) is 0 Å². The highest BCUT2D eigenvalue weighted by atomic mass is 35.5. The van der Waals surface area contributed by atoms with E-state index in [4.69, 9.17) is 11.6 Å². The second-order valence-electron chi connectivity index (χ2n) is 5.17. The Morgan fingerprint density at radius 2 is 1.70 bits per heavy atom. The first-order valence-corrected chi connectivity index (χ1v) is 7.67. The van der Waals surface area contributed by atoms with Crippen LogP contribution in [-0.4, -0.2) is 15.7 Å². The van der Waals surface area contributed by atoms with Crippen LogP contribution in [0.1, 0.15) is 21.6 Å². The molecule has 0 spiro atoms. The second-order valence-corrected chi connectivity index (χ2v) is 5.52. The number of aromatic nitrogens is 2. The molecule has 0 aliphatic carbocycles. The number of amides is 1. The molecule has 0 radical (unpaired) electrons. The van der Waals surface area contributed by atoms with Crippen molar-refractivity contribution in [2.24, 2.45) is 0 Å². The van der Waals surface area contributed by atoms with Crippen LogP contribution >= 0.6 is 11.6 Å². The summed E-state index contributed by atoms with van der Waals surface area (Å²) in [6.45, 7) is 2.23. The summed E-state index contributed by atoms with van der Waals surface area (Å²) in [7, 11) is 0. The van der Waals surface area contributed by atoms with E-state index in [2.05, 4.69) is 10.4 Å². The summed E-state index contributed by atoms with van der Waals surface area (Å²) in [4.78, 5) is 12.5. The maximum absolute atomic E-state index is 12.5. The zero-order valence-corrected chi connectivity index (χ0v) is 13.4. The first-order chi connectivity index (χ1) is 11.2. The van der Waals surface area contributed by atoms with Crippen LogP contribution in [-0.2, 0) is 6.54 Å². The molecule has 1 aromatic heterocycles. The van der Waals surface area contributed by atoms with Crippen LogP contribution < -0.4 is 5.32 Å². The Kier molecular flexibility index (Phi) is 4.44. The SMILES string of the molecule is Cc1nn(-c2ccccc2)c(Cl)c1C(=O)NCc1ccccc1. The lowest BCUT2D eigenvalue weighted by atomic mass is 10.2. The molecule has 2 aromatic carbocycles. The molecule has 0 bridgehead atoms. The van der Waals surface area contributed by atoms with E-state index in [9.17, 15) is 4.79 Å². The highest BCUT2D eigenvalue weighted by molar-refractivity contribution is 6.33. The van der Waals surface area contributed by atoms with Gasteiger partial charge in [-0.1, -0.05) is 60.1 Å². The molecule has 0 fully saturated rings. The molecule has 1 amide bonds. The predicted octanol–water partition coefficient (Wildman–Crippen LogP) is 3.76. The number of para-hydroxylation sites is 1. The number of carbonyl (C=O) groups excluding carboxylic acids is 1. The molecule has 0 aliphatic rings. The minimum atomic E-state index is -0.224. The number of nitrogens with zero attached hydrogens (tertiary/aromatic N) is 2. The zero-order chi connectivity index (χ0) is 16.2. The molecule has 0 atom stereocenters. The Balaban J connectivity index is 1.83. The van der Waals surface area contributed by atoms with Crippen molar-refractivity contribution in [3.05, 3.63) is 82.6 Å². The highest BCUT2D eigenvalue weighted by Crippen LogP contribution is 2.23. The molecule has 1 N–H and O–H groups in total. The first kappa shape index (κ1) is 15.3. The molecule has 23 heavy (non-hydrogen) atoms. The van der Waals surface area contributed by atoms with Crippen LogP contribution in [0, 0.1) is 6.92 Å². The molecule has 3 rings (SSSR count). The lowest BCUT2D eigenvalue weighted by Gasteiger charge is -2.06. The normalized spacial score (nSPS) is 10.5. The quantitative estimate of drug-likeness (QED) is 0.793. The van der Waals surface area contributed by atoms with Crippen molar-refractivity contribution in [3.8, 4) is 5.69 Å². The van der Waals surface area contributed by atoms with Gasteiger partial charge in [0.25, 0.3) is 5.91 Å². The molecule has 4 nitrogen and oxygen atoms in total. The van der Waals surface area contributed by atoms with Gasteiger partial charge in [0.05, 0.1) is 16.9 Å². The number of carbonyl (C=O) groups is 1. The molecule has 0 saturated heterocycles. The summed E-state index contributed by atoms with van der Waals surface area (Å²) >= 11 is 6.38. The van der Waals surface area contributed by atoms with Gasteiger partial charge in [-0.3, -0.25) is 4.79 Å². The Labute approximate surface area is 139 Å². The third-order valence-corrected chi connectivity index (χ3v) is 3.88. The van der Waals surface area contributed by atoms with Gasteiger partial charge in [-0.15, -0.1) is 0 Å². The summed E-state index contributed by atoms with van der Waals surface area (Å²) < 4.78 is 1.58. The van der Waals surface area contributed by atoms with Crippen LogP contribution in [0.4, 0.5) is 0 Å². The number of hydrogen-bond donors (Lipinski definition) is 1. The maximum atomic E-state index is 12.5. The Hall–Kier alpha value is -2.59. The van der Waals surface area contributed by atoms with Crippen LogP contribution in [0.25, 0.3) is 5.69 Å². The van der Waals surface area contributed by atoms with Crippen molar-refractivity contribution < 1.29 is 4.79 Å². The van der Waals surface area contributed by atoms with Gasteiger partial charge in [-0.25, -0.2) is 4.68 Å². The summed E-state index contributed by atoms with van der Waals surface area (Å²) in [5.74, 6) is -0.224. The Morgan fingerprint density at radius 1 is 1.09 bits per heavy atom. The Bertz CT molecular complexity index is 813. The van der Waals surface area contributed by atoms with E-state index in [1.165, 1.54) is 0 Å². The molecule has 0 saturated carbocycles. The molecule has 0 aliphatic heterocycles. The van der Waals surface area contributed by atoms with E-state index in [-0.39, 0.29) is 5.91 Å². The van der Waals surface area contributed by atoms with Gasteiger partial charge in [-0.05, 0) is 24.6 Å². The molecule has 5 heteroatoms. The van der Waals surface area contributed by atoms with Crippen molar-refractivity contribution in [1.82, 2.24) is 15.1 Å². The first-order valence-electron chi connectivity index (χ1n) is 7.29. The molecule has 3 aromatic rings. The van der Waals surface area contributed by atoms with Crippen LogP contribution in [0.15, 0.2) is 60.7 Å². The predicted molar refractivity (Wildman–Crippen MR) is 90.9 cm³/mol. The average Bonchev–Trinajstić information content (AvgIpc) is 2.89. The molecular weight excluding hydrogens is 310 g/mol. The number of hydrogen-bond acceptors (Lipinski definition) is 2. The maximum Gasteiger partial charge on any atom is 0.256 e. The number of aryl methyl sites for hydroxylation is 1. The fraction of sp³-hybridized carbons (Fsp3) is 0.111. The van der Waals surface area contributed by atoms with E-state index >= 15 is 0 Å². The summed E-state index contributed by atoms with van der Waals surface area (Å²) in [5, 5.41) is 7.58. The van der Waals surface area contributed by atoms with E-state index in [0.29, 0.717) is 23.0 Å². The topological polar surface area (TPSA) is 46.9 Å². The number of rotatable bonds is 4. The van der Waals surface area contributed by atoms with E-state index in [1.54, 1.807) is 11.6 Å². The largest absolute Gasteiger partial charge is 0.348 e. The fourth-order valence-corrected chi connectivity index (χ4v) is 2.72. The third-order valence-electron chi connectivity index (χ3n) is 3.53. The van der Waals surface area contributed by atoms with Gasteiger partial charge in [0.2, 0.25) is 0 Å². The van der Waals surface area contributed by atoms with Gasteiger partial charge >= 0.3 is 0 Å². The van der Waals surface area contributed by atoms with E-state index in [0.717, 1.165) is 11.3 Å². The van der Waals surface area contributed by atoms with Crippen LogP contribution in [0.2, 0.25) is 5.15 Å². The van der Waals surface area contributed by atoms with Gasteiger partial charge in [0.1, 0.15) is 5.15 Å². The van der Waals surface area contributed by atoms with Crippen LogP contribution in [0.5, 0.6) is 0 Å². The number of nitrogens with one attached hydrogen (secondary N) is 1. The van der Waals surface area contributed by atoms with E-state index < -0.39 is 0 Å². The number of benzene rings is 2. The summed E-state index contributed by atoms with van der Waals surface area (Å²) in [5.41, 5.74) is 2.86. The summed E-state index contributed by atoms with van der Waals surface area (Å²) in [6.07, 6.45) is 0. The smallest absolute Gasteiger partial charge is 0.256 e. The standard InChI is InChI=1S/C18H16ClN3O/c1-13-16(18(23)20-12-14-8-4-2-5-9-14)17(19)22(21-13)15-10-6-3-7-11-15/h2-11H,12H2,1H3,(H,20,23). The second kappa shape index (κ2) is 6.67. The molecule has 0 unspecified atom stereocenters. The lowest BCUT2D eigenvalue weighted by Crippen LogP contribution is -2.23. The van der Waals surface area contributed by atoms with Gasteiger partial charge in [0, 0.05) is 6.54 Å². The summed E-state index contributed by atoms with van der Waals surface area (Å²) in [6, 6.07) is 19.2. The van der Waals surface area contributed by atoms with Crippen molar-refractivity contribution in [3.63, 3.8) is 0 Å². The Morgan fingerprint density at radius 3 is 2.35 bits per heavy atom.